The molecule has 2 rings (SSSR count). The molecule has 2 aromatic carbocycles. The highest BCUT2D eigenvalue weighted by molar-refractivity contribution is 9.11. The van der Waals surface area contributed by atoms with Gasteiger partial charge in [-0.25, -0.2) is 0 Å². The monoisotopic (exact) mass is 391 g/mol. The molecule has 0 aliphatic heterocycles. The summed E-state index contributed by atoms with van der Waals surface area (Å²) in [5, 5.41) is 10.4. The first-order valence-corrected chi connectivity index (χ1v) is 8.33. The summed E-state index contributed by atoms with van der Waals surface area (Å²) < 4.78 is 0.690. The van der Waals surface area contributed by atoms with E-state index in [1.165, 1.54) is 22.8 Å². The third kappa shape index (κ3) is 7.39. The molecule has 0 atom stereocenters. The lowest BCUT2D eigenvalue weighted by molar-refractivity contribution is 1.31. The Morgan fingerprint density at radius 1 is 1.13 bits per heavy atom. The van der Waals surface area contributed by atoms with Crippen LogP contribution in [-0.4, -0.2) is 5.84 Å². The fourth-order valence-corrected chi connectivity index (χ4v) is 2.71. The van der Waals surface area contributed by atoms with E-state index in [9.17, 15) is 0 Å². The largest absolute Gasteiger partial charge is 0.384 e. The van der Waals surface area contributed by atoms with Crippen LogP contribution in [0.2, 0.25) is 0 Å². The number of amidine groups is 1. The zero-order valence-corrected chi connectivity index (χ0v) is 16.0. The van der Waals surface area contributed by atoms with Crippen LogP contribution in [0.1, 0.15) is 16.7 Å². The Morgan fingerprint density at radius 2 is 1.65 bits per heavy atom. The van der Waals surface area contributed by atoms with Gasteiger partial charge in [0, 0.05) is 16.7 Å². The van der Waals surface area contributed by atoms with Crippen LogP contribution in [0.4, 0.5) is 5.69 Å². The Balaban J connectivity index is 0.000000313. The molecule has 0 heterocycles. The number of hydrogen-bond donors (Lipinski definition) is 4. The van der Waals surface area contributed by atoms with Gasteiger partial charge in [-0.3, -0.25) is 5.41 Å². The predicted molar refractivity (Wildman–Crippen MR) is 107 cm³/mol. The SMILES string of the molecule is Cc1cc(C)c(N/C(Br)=C\C(=N)N)c(C)c1.Sc1ccccc1. The summed E-state index contributed by atoms with van der Waals surface area (Å²) in [5.41, 5.74) is 9.92. The Morgan fingerprint density at radius 3 is 2.04 bits per heavy atom. The minimum Gasteiger partial charge on any atom is -0.384 e. The van der Waals surface area contributed by atoms with Crippen LogP contribution in [0, 0.1) is 26.2 Å². The summed E-state index contributed by atoms with van der Waals surface area (Å²) in [4.78, 5) is 1.02. The fraction of sp³-hybridized carbons (Fsp3) is 0.167. The van der Waals surface area contributed by atoms with Gasteiger partial charge in [0.05, 0.1) is 4.61 Å². The number of thiol groups is 1. The van der Waals surface area contributed by atoms with Gasteiger partial charge in [-0.1, -0.05) is 35.9 Å². The van der Waals surface area contributed by atoms with Gasteiger partial charge in [-0.2, -0.15) is 0 Å². The highest BCUT2D eigenvalue weighted by Gasteiger charge is 2.04. The quantitative estimate of drug-likeness (QED) is 0.252. The molecule has 122 valence electrons. The number of nitrogens with two attached hydrogens (primary N) is 1. The van der Waals surface area contributed by atoms with Crippen LogP contribution in [0.15, 0.2) is 58.0 Å². The Kier molecular flexibility index (Phi) is 7.92. The van der Waals surface area contributed by atoms with Gasteiger partial charge >= 0.3 is 0 Å². The van der Waals surface area contributed by atoms with Gasteiger partial charge in [-0.15, -0.1) is 12.6 Å². The molecular formula is C18H22BrN3S. The number of aryl methyl sites for hydroxylation is 3. The average molecular weight is 392 g/mol. The molecule has 0 unspecified atom stereocenters. The van der Waals surface area contributed by atoms with E-state index in [-0.39, 0.29) is 5.84 Å². The molecule has 0 spiro atoms. The van der Waals surface area contributed by atoms with Crippen molar-refractivity contribution in [2.24, 2.45) is 5.73 Å². The molecule has 3 nitrogen and oxygen atoms in total. The van der Waals surface area contributed by atoms with Gasteiger partial charge < -0.3 is 11.1 Å². The molecule has 0 aliphatic rings. The summed E-state index contributed by atoms with van der Waals surface area (Å²) in [6.45, 7) is 6.18. The van der Waals surface area contributed by atoms with E-state index in [1.54, 1.807) is 0 Å². The number of hydrogen-bond acceptors (Lipinski definition) is 3. The zero-order chi connectivity index (χ0) is 17.4. The van der Waals surface area contributed by atoms with E-state index in [4.69, 9.17) is 11.1 Å². The van der Waals surface area contributed by atoms with Gasteiger partial charge in [0.25, 0.3) is 0 Å². The third-order valence-electron chi connectivity index (χ3n) is 2.96. The molecule has 0 saturated heterocycles. The zero-order valence-electron chi connectivity index (χ0n) is 13.5. The lowest BCUT2D eigenvalue weighted by Gasteiger charge is -2.13. The molecule has 23 heavy (non-hydrogen) atoms. The average Bonchev–Trinajstić information content (AvgIpc) is 2.43. The predicted octanol–water partition coefficient (Wildman–Crippen LogP) is 5.17. The summed E-state index contributed by atoms with van der Waals surface area (Å²) in [5.74, 6) is 0.0155. The minimum atomic E-state index is 0.0155. The van der Waals surface area contributed by atoms with Crippen LogP contribution in [0.3, 0.4) is 0 Å². The molecule has 4 N–H and O–H groups in total. The van der Waals surface area contributed by atoms with Crippen LogP contribution >= 0.6 is 28.6 Å². The molecule has 0 saturated carbocycles. The second-order valence-corrected chi connectivity index (χ2v) is 6.55. The second-order valence-electron chi connectivity index (χ2n) is 5.18. The van der Waals surface area contributed by atoms with Crippen molar-refractivity contribution in [2.45, 2.75) is 25.7 Å². The maximum Gasteiger partial charge on any atom is 0.117 e. The van der Waals surface area contributed by atoms with Gasteiger partial charge in [0.1, 0.15) is 5.84 Å². The van der Waals surface area contributed by atoms with E-state index < -0.39 is 0 Å². The lowest BCUT2D eigenvalue weighted by Crippen LogP contribution is -2.08. The van der Waals surface area contributed by atoms with E-state index in [1.807, 2.05) is 30.3 Å². The first-order valence-electron chi connectivity index (χ1n) is 7.09. The number of halogens is 1. The van der Waals surface area contributed by atoms with Crippen molar-refractivity contribution in [2.75, 3.05) is 5.32 Å². The van der Waals surface area contributed by atoms with Crippen molar-refractivity contribution in [1.29, 1.82) is 5.41 Å². The van der Waals surface area contributed by atoms with Gasteiger partial charge in [-0.05, 0) is 60.0 Å². The highest BCUT2D eigenvalue weighted by Crippen LogP contribution is 2.24. The van der Waals surface area contributed by atoms with Crippen molar-refractivity contribution in [3.05, 3.63) is 69.8 Å². The maximum atomic E-state index is 7.16. The number of anilines is 1. The van der Waals surface area contributed by atoms with Crippen molar-refractivity contribution in [1.82, 2.24) is 0 Å². The summed E-state index contributed by atoms with van der Waals surface area (Å²) >= 11 is 7.42. The molecule has 0 fully saturated rings. The molecular weight excluding hydrogens is 370 g/mol. The standard InChI is InChI=1S/C12H16BrN3.C6H6S/c1-7-4-8(2)12(9(3)5-7)16-10(13)6-11(14)15;7-6-4-2-1-3-5-6/h4-6,16H,1-3H3,(H3,14,15);1-5,7H/b10-6-;. The maximum absolute atomic E-state index is 7.16. The molecule has 5 heteroatoms. The third-order valence-corrected chi connectivity index (χ3v) is 3.69. The topological polar surface area (TPSA) is 61.9 Å². The first-order chi connectivity index (χ1) is 10.8. The molecule has 0 amide bonds. The van der Waals surface area contributed by atoms with Crippen molar-refractivity contribution < 1.29 is 0 Å². The van der Waals surface area contributed by atoms with Crippen LogP contribution in [-0.2, 0) is 0 Å². The van der Waals surface area contributed by atoms with E-state index in [2.05, 4.69) is 66.8 Å². The Bertz CT molecular complexity index is 674. The second kappa shape index (κ2) is 9.43. The minimum absolute atomic E-state index is 0.0155. The normalized spacial score (nSPS) is 10.6. The van der Waals surface area contributed by atoms with Crippen molar-refractivity contribution in [3.63, 3.8) is 0 Å². The van der Waals surface area contributed by atoms with Gasteiger partial charge in [0.15, 0.2) is 0 Å². The van der Waals surface area contributed by atoms with E-state index >= 15 is 0 Å². The summed E-state index contributed by atoms with van der Waals surface area (Å²) in [6, 6.07) is 14.0. The van der Waals surface area contributed by atoms with Crippen molar-refractivity contribution >= 4 is 40.1 Å². The van der Waals surface area contributed by atoms with E-state index in [0.29, 0.717) is 4.61 Å². The Labute approximate surface area is 152 Å². The van der Waals surface area contributed by atoms with Crippen LogP contribution < -0.4 is 11.1 Å². The number of benzene rings is 2. The smallest absolute Gasteiger partial charge is 0.117 e. The van der Waals surface area contributed by atoms with E-state index in [0.717, 1.165) is 10.6 Å². The van der Waals surface area contributed by atoms with Crippen LogP contribution in [0.5, 0.6) is 0 Å². The van der Waals surface area contributed by atoms with Crippen LogP contribution in [0.25, 0.3) is 0 Å². The molecule has 0 bridgehead atoms. The molecule has 0 aromatic heterocycles. The summed E-state index contributed by atoms with van der Waals surface area (Å²) in [7, 11) is 0. The lowest BCUT2D eigenvalue weighted by atomic mass is 10.1. The fourth-order valence-electron chi connectivity index (χ4n) is 2.10. The Hall–Kier alpha value is -1.72. The molecule has 0 radical (unpaired) electrons. The highest BCUT2D eigenvalue weighted by atomic mass is 79.9. The first kappa shape index (κ1) is 19.3. The summed E-state index contributed by atoms with van der Waals surface area (Å²) in [6.07, 6.45) is 1.53. The molecule has 2 aromatic rings. The number of nitrogens with one attached hydrogen (secondary N) is 2. The molecule has 0 aliphatic carbocycles. The number of rotatable bonds is 3. The van der Waals surface area contributed by atoms with Gasteiger partial charge in [0.2, 0.25) is 0 Å². The van der Waals surface area contributed by atoms with Crippen molar-refractivity contribution in [3.8, 4) is 0 Å².